The van der Waals surface area contributed by atoms with E-state index in [0.29, 0.717) is 50.0 Å². The van der Waals surface area contributed by atoms with Crippen molar-refractivity contribution >= 4 is 71.2 Å². The number of thioether (sulfide) groups is 2. The van der Waals surface area contributed by atoms with Crippen LogP contribution in [0.1, 0.15) is 102 Å². The zero-order valence-corrected chi connectivity index (χ0v) is 46.8. The standard InChI is InChI=1S/C56H70N8O12S2/c1-31(61(7)53(71)72)47(65)57-37-21-25-77-41-29-55(3,4)45(63(41)51(37)69)49(67)59-43-35-19-13-11-17-33(35)27-39(43)75-23-15-9-10-16-24-76-40-28-34-18-12-14-20-36(34)44(40)60-50(68)46-56(5,6)30-42-64(46)52(70)38(22-26-78-42)58-48(66)32(2)62(8)54(73)74/h11-14,17-20,31-32,37-46H,21-30H2,1-8H3,(H,57,65)(H,58,66)(H,59,67)(H,60,68)(H,71,72)(H,73,74)/t31?,32?,37-,38-,39+,40+,41-,42-,43-,44-,45+,46+/m0/s1. The SMILES string of the molecule is CC(C(=O)N[C@H]1CCS[C@H]2CC(C)(C)[C@@H](C(=O)N[C@H]3c4ccccc4C[C@H]3OCC#CC#CCO[C@@H]3Cc4ccccc4[C@@H]3NC(=O)[C@H]3N4C(=O)[C@@H](NC(=O)C(C)N(C)C(=O)O)CCS[C@H]4CC3(C)C)N2C1=O)N(C)C(=O)O. The number of carbonyl (C=O) groups excluding carboxylic acids is 6. The van der Waals surface area contributed by atoms with Gasteiger partial charge in [0.25, 0.3) is 0 Å². The Morgan fingerprint density at radius 3 is 1.38 bits per heavy atom. The maximum absolute atomic E-state index is 14.6. The predicted molar refractivity (Wildman–Crippen MR) is 291 cm³/mol. The van der Waals surface area contributed by atoms with Gasteiger partial charge in [0.1, 0.15) is 49.5 Å². The van der Waals surface area contributed by atoms with Crippen molar-refractivity contribution < 1.29 is 58.0 Å². The highest BCUT2D eigenvalue weighted by atomic mass is 32.2. The number of ether oxygens (including phenoxy) is 2. The van der Waals surface area contributed by atoms with Gasteiger partial charge in [-0.25, -0.2) is 9.59 Å². The summed E-state index contributed by atoms with van der Waals surface area (Å²) >= 11 is 3.13. The number of hydrogen-bond acceptors (Lipinski definition) is 12. The van der Waals surface area contributed by atoms with Crippen LogP contribution in [-0.4, -0.2) is 175 Å². The smallest absolute Gasteiger partial charge is 0.407 e. The lowest BCUT2D eigenvalue weighted by atomic mass is 9.83. The normalized spacial score (nSPS) is 28.0. The third kappa shape index (κ3) is 12.1. The quantitative estimate of drug-likeness (QED) is 0.148. The van der Waals surface area contributed by atoms with E-state index in [0.717, 1.165) is 32.1 Å². The van der Waals surface area contributed by atoms with E-state index in [1.54, 1.807) is 33.3 Å². The Morgan fingerprint density at radius 2 is 1.01 bits per heavy atom. The topological polar surface area (TPSA) is 257 Å². The number of likely N-dealkylation sites (N-methyl/N-ethyl adjacent to an activating group) is 2. The first kappa shape index (κ1) is 57.7. The molecule has 0 bridgehead atoms. The number of fused-ring (bicyclic) bond motifs is 4. The Bertz CT molecular complexity index is 2640. The van der Waals surface area contributed by atoms with Gasteiger partial charge in [0, 0.05) is 26.9 Å². The summed E-state index contributed by atoms with van der Waals surface area (Å²) in [6, 6.07) is 8.74. The molecule has 2 aromatic carbocycles. The summed E-state index contributed by atoms with van der Waals surface area (Å²) in [5, 5.41) is 30.3. The molecule has 0 spiro atoms. The molecule has 418 valence electrons. The van der Waals surface area contributed by atoms with Crippen LogP contribution < -0.4 is 21.3 Å². The van der Waals surface area contributed by atoms with Crippen molar-refractivity contribution in [3.8, 4) is 23.7 Å². The van der Waals surface area contributed by atoms with Crippen LogP contribution in [0.5, 0.6) is 0 Å². The van der Waals surface area contributed by atoms with Gasteiger partial charge in [0.2, 0.25) is 35.4 Å². The van der Waals surface area contributed by atoms with Crippen LogP contribution in [0.25, 0.3) is 0 Å². The molecule has 2 aliphatic carbocycles. The molecule has 4 saturated heterocycles. The molecule has 2 aromatic rings. The molecule has 2 unspecified atom stereocenters. The molecular formula is C56H70N8O12S2. The van der Waals surface area contributed by atoms with Gasteiger partial charge in [-0.1, -0.05) is 88.1 Å². The van der Waals surface area contributed by atoms with E-state index in [1.165, 1.54) is 27.9 Å². The number of carbonyl (C=O) groups is 8. The van der Waals surface area contributed by atoms with Crippen molar-refractivity contribution in [1.29, 1.82) is 0 Å². The van der Waals surface area contributed by atoms with Gasteiger partial charge in [-0.15, -0.1) is 23.5 Å². The molecule has 0 aromatic heterocycles. The van der Waals surface area contributed by atoms with E-state index in [2.05, 4.69) is 44.9 Å². The summed E-state index contributed by atoms with van der Waals surface area (Å²) in [5.41, 5.74) is 2.56. The summed E-state index contributed by atoms with van der Waals surface area (Å²) in [7, 11) is 2.58. The van der Waals surface area contributed by atoms with Crippen molar-refractivity contribution in [1.82, 2.24) is 40.9 Å². The first-order valence-electron chi connectivity index (χ1n) is 26.4. The highest BCUT2D eigenvalue weighted by Gasteiger charge is 2.57. The summed E-state index contributed by atoms with van der Waals surface area (Å²) in [6.07, 6.45) is -0.726. The molecule has 0 radical (unpaired) electrons. The number of rotatable bonds is 14. The van der Waals surface area contributed by atoms with Crippen molar-refractivity contribution in [2.24, 2.45) is 10.8 Å². The van der Waals surface area contributed by atoms with Crippen LogP contribution in [0.3, 0.4) is 0 Å². The number of nitrogens with zero attached hydrogens (tertiary/aromatic N) is 4. The first-order chi connectivity index (χ1) is 37.0. The second-order valence-corrected chi connectivity index (χ2v) is 24.8. The minimum absolute atomic E-state index is 0.00637. The minimum atomic E-state index is -1.27. The van der Waals surface area contributed by atoms with E-state index in [9.17, 15) is 48.6 Å². The monoisotopic (exact) mass is 1110 g/mol. The van der Waals surface area contributed by atoms with Crippen LogP contribution in [-0.2, 0) is 51.1 Å². The van der Waals surface area contributed by atoms with Gasteiger partial charge in [-0.2, -0.15) is 0 Å². The molecule has 8 rings (SSSR count). The average molecular weight is 1110 g/mol. The van der Waals surface area contributed by atoms with E-state index >= 15 is 0 Å². The Balaban J connectivity index is 0.887. The van der Waals surface area contributed by atoms with E-state index in [1.807, 2.05) is 76.2 Å². The fourth-order valence-corrected chi connectivity index (χ4v) is 14.8. The van der Waals surface area contributed by atoms with Crippen LogP contribution in [0.2, 0.25) is 0 Å². The fourth-order valence-electron chi connectivity index (χ4n) is 11.7. The van der Waals surface area contributed by atoms with Gasteiger partial charge in [-0.05, 0) is 96.0 Å². The first-order valence-corrected chi connectivity index (χ1v) is 28.5. The van der Waals surface area contributed by atoms with Crippen LogP contribution in [0.15, 0.2) is 48.5 Å². The van der Waals surface area contributed by atoms with Crippen LogP contribution in [0.4, 0.5) is 9.59 Å². The molecule has 0 saturated carbocycles. The lowest BCUT2D eigenvalue weighted by Gasteiger charge is -2.35. The van der Waals surface area contributed by atoms with Crippen molar-refractivity contribution in [2.45, 2.75) is 151 Å². The van der Waals surface area contributed by atoms with Crippen molar-refractivity contribution in [3.05, 3.63) is 70.8 Å². The zero-order valence-electron chi connectivity index (χ0n) is 45.2. The average Bonchev–Trinajstić information content (AvgIpc) is 4.27. The lowest BCUT2D eigenvalue weighted by molar-refractivity contribution is -0.144. The number of benzene rings is 2. The second kappa shape index (κ2) is 23.9. The predicted octanol–water partition coefficient (Wildman–Crippen LogP) is 3.74. The summed E-state index contributed by atoms with van der Waals surface area (Å²) in [5.74, 6) is 10.1. The molecule has 8 amide bonds. The summed E-state index contributed by atoms with van der Waals surface area (Å²) < 4.78 is 12.7. The van der Waals surface area contributed by atoms with Crippen molar-refractivity contribution in [2.75, 3.05) is 38.8 Å². The Morgan fingerprint density at radius 1 is 0.641 bits per heavy atom. The second-order valence-electron chi connectivity index (χ2n) is 22.3. The molecule has 6 N–H and O–H groups in total. The molecule has 78 heavy (non-hydrogen) atoms. The lowest BCUT2D eigenvalue weighted by Crippen LogP contribution is -2.58. The van der Waals surface area contributed by atoms with Gasteiger partial charge in [0.05, 0.1) is 35.0 Å². The zero-order chi connectivity index (χ0) is 56.4. The van der Waals surface area contributed by atoms with Crippen LogP contribution in [0, 0.1) is 34.5 Å². The molecule has 20 nitrogen and oxygen atoms in total. The number of nitrogens with one attached hydrogen (secondary N) is 4. The molecule has 6 aliphatic rings. The number of carboxylic acid groups (broad SMARTS) is 2. The Kier molecular flexibility index (Phi) is 17.7. The van der Waals surface area contributed by atoms with E-state index in [-0.39, 0.29) is 47.6 Å². The maximum Gasteiger partial charge on any atom is 0.407 e. The summed E-state index contributed by atoms with van der Waals surface area (Å²) in [4.78, 5) is 112. The molecule has 4 fully saturated rings. The van der Waals surface area contributed by atoms with Gasteiger partial charge in [-0.3, -0.25) is 38.6 Å². The Hall–Kier alpha value is -6.46. The third-order valence-electron chi connectivity index (χ3n) is 16.2. The third-order valence-corrected chi connectivity index (χ3v) is 18.7. The fraction of sp³-hybridized carbons (Fsp3) is 0.571. The molecule has 4 heterocycles. The molecular weight excluding hydrogens is 1040 g/mol. The van der Waals surface area contributed by atoms with Gasteiger partial charge < -0.3 is 50.8 Å². The molecule has 22 heteroatoms. The highest BCUT2D eigenvalue weighted by Crippen LogP contribution is 2.48. The van der Waals surface area contributed by atoms with Gasteiger partial charge in [0.15, 0.2) is 0 Å². The highest BCUT2D eigenvalue weighted by molar-refractivity contribution is 8.00. The van der Waals surface area contributed by atoms with E-state index in [4.69, 9.17) is 9.47 Å². The number of hydrogen-bond donors (Lipinski definition) is 6. The minimum Gasteiger partial charge on any atom is -0.465 e. The Labute approximate surface area is 463 Å². The van der Waals surface area contributed by atoms with Gasteiger partial charge >= 0.3 is 12.2 Å². The van der Waals surface area contributed by atoms with E-state index < -0.39 is 95.4 Å². The number of amides is 8. The largest absolute Gasteiger partial charge is 0.465 e. The molecule has 4 aliphatic heterocycles. The maximum atomic E-state index is 14.6. The van der Waals surface area contributed by atoms with Crippen molar-refractivity contribution in [3.63, 3.8) is 0 Å². The molecule has 12 atom stereocenters. The van der Waals surface area contributed by atoms with Crippen LogP contribution >= 0.6 is 23.5 Å². The summed E-state index contributed by atoms with van der Waals surface area (Å²) in [6.45, 7) is 10.8.